The minimum atomic E-state index is -4.66. The van der Waals surface area contributed by atoms with Gasteiger partial charge < -0.3 is 20.5 Å². The van der Waals surface area contributed by atoms with Crippen LogP contribution >= 0.6 is 0 Å². The number of rotatable bonds is 10. The quantitative estimate of drug-likeness (QED) is 0.271. The molecule has 1 unspecified atom stereocenters. The fraction of sp³-hybridized carbons (Fsp3) is 0.533. The van der Waals surface area contributed by atoms with E-state index in [-0.39, 0.29) is 17.2 Å². The number of primary amides is 1. The number of fused-ring (bicyclic) bond motifs is 1. The zero-order valence-electron chi connectivity index (χ0n) is 24.9. The van der Waals surface area contributed by atoms with Crippen molar-refractivity contribution >= 4 is 28.6 Å². The molecule has 1 fully saturated rings. The van der Waals surface area contributed by atoms with Crippen LogP contribution in [-0.2, 0) is 10.9 Å². The number of pyridine rings is 1. The fourth-order valence-corrected chi connectivity index (χ4v) is 5.67. The number of halogens is 3. The molecule has 43 heavy (non-hydrogen) atoms. The number of piperidine rings is 1. The largest absolute Gasteiger partial charge is 0.494 e. The maximum absolute atomic E-state index is 13.1. The summed E-state index contributed by atoms with van der Waals surface area (Å²) < 4.78 is 51.5. The topological polar surface area (TPSA) is 125 Å². The number of hydrogen-bond donors (Lipinski definition) is 2. The summed E-state index contributed by atoms with van der Waals surface area (Å²) in [6.45, 7) is 8.90. The first-order chi connectivity index (χ1) is 20.3. The first-order valence-corrected chi connectivity index (χ1v) is 14.3. The minimum Gasteiger partial charge on any atom is -0.494 e. The van der Waals surface area contributed by atoms with E-state index < -0.39 is 23.9 Å². The number of anilines is 1. The Morgan fingerprint density at radius 3 is 2.49 bits per heavy atom. The second-order valence-electron chi connectivity index (χ2n) is 11.9. The number of aromatic nitrogens is 3. The molecular weight excluding hydrogens is 565 g/mol. The Balaban J connectivity index is 1.43. The van der Waals surface area contributed by atoms with Crippen molar-refractivity contribution in [2.24, 2.45) is 11.1 Å². The average molecular weight is 605 g/mol. The number of ether oxygens (including phenoxy) is 2. The van der Waals surface area contributed by atoms with Gasteiger partial charge in [-0.25, -0.2) is 9.78 Å². The SMILES string of the molecule is COc1cc2nn(C3CCN(C(CCCCOC(N)=O)C(C)(C)C)CC3)cc2cc1NC(=O)c1cccc(C(F)(F)F)n1. The molecule has 1 atom stereocenters. The summed E-state index contributed by atoms with van der Waals surface area (Å²) in [5, 5.41) is 8.18. The maximum Gasteiger partial charge on any atom is 0.433 e. The Labute approximate surface area is 248 Å². The van der Waals surface area contributed by atoms with Crippen LogP contribution in [0.25, 0.3) is 10.9 Å². The minimum absolute atomic E-state index is 0.0821. The van der Waals surface area contributed by atoms with E-state index in [1.807, 2.05) is 10.9 Å². The highest BCUT2D eigenvalue weighted by molar-refractivity contribution is 6.05. The smallest absolute Gasteiger partial charge is 0.433 e. The maximum atomic E-state index is 13.1. The van der Waals surface area contributed by atoms with Crippen molar-refractivity contribution in [1.82, 2.24) is 19.7 Å². The van der Waals surface area contributed by atoms with Crippen LogP contribution in [0, 0.1) is 5.41 Å². The number of nitrogens with two attached hydrogens (primary N) is 1. The first-order valence-electron chi connectivity index (χ1n) is 14.3. The first kappa shape index (κ1) is 32.1. The van der Waals surface area contributed by atoms with Gasteiger partial charge in [-0.2, -0.15) is 18.3 Å². The molecule has 2 aromatic heterocycles. The highest BCUT2D eigenvalue weighted by atomic mass is 19.4. The molecule has 4 rings (SSSR count). The summed E-state index contributed by atoms with van der Waals surface area (Å²) in [7, 11) is 1.45. The van der Waals surface area contributed by atoms with Crippen molar-refractivity contribution in [3.8, 4) is 5.75 Å². The molecule has 3 heterocycles. The molecule has 3 N–H and O–H groups in total. The van der Waals surface area contributed by atoms with Crippen molar-refractivity contribution in [2.45, 2.75) is 71.1 Å². The number of nitrogens with one attached hydrogen (secondary N) is 1. The molecule has 13 heteroatoms. The van der Waals surface area contributed by atoms with Gasteiger partial charge in [-0.1, -0.05) is 26.8 Å². The van der Waals surface area contributed by atoms with Crippen molar-refractivity contribution in [3.63, 3.8) is 0 Å². The Bertz CT molecular complexity index is 1430. The number of carbonyl (C=O) groups is 2. The number of methoxy groups -OCH3 is 1. The number of likely N-dealkylation sites (tertiary alicyclic amines) is 1. The monoisotopic (exact) mass is 604 g/mol. The van der Waals surface area contributed by atoms with Crippen LogP contribution in [0.4, 0.5) is 23.7 Å². The van der Waals surface area contributed by atoms with Crippen LogP contribution < -0.4 is 15.8 Å². The van der Waals surface area contributed by atoms with E-state index in [1.165, 1.54) is 13.2 Å². The molecule has 3 aromatic rings. The molecule has 0 spiro atoms. The zero-order chi connectivity index (χ0) is 31.4. The van der Waals surface area contributed by atoms with E-state index in [9.17, 15) is 22.8 Å². The molecule has 1 aromatic carbocycles. The normalized spacial score (nSPS) is 15.8. The second kappa shape index (κ2) is 13.2. The number of unbranched alkanes of at least 4 members (excludes halogenated alkanes) is 1. The van der Waals surface area contributed by atoms with Gasteiger partial charge in [0, 0.05) is 36.8 Å². The number of benzene rings is 1. The number of nitrogens with zero attached hydrogens (tertiary/aromatic N) is 4. The lowest BCUT2D eigenvalue weighted by Crippen LogP contribution is -2.48. The van der Waals surface area contributed by atoms with Gasteiger partial charge in [0.25, 0.3) is 5.91 Å². The Hall–Kier alpha value is -3.87. The third-order valence-corrected chi connectivity index (χ3v) is 7.79. The molecule has 1 aliphatic heterocycles. The van der Waals surface area contributed by atoms with E-state index in [0.29, 0.717) is 29.6 Å². The third kappa shape index (κ3) is 8.15. The van der Waals surface area contributed by atoms with E-state index in [0.717, 1.165) is 62.7 Å². The molecule has 0 aliphatic carbocycles. The van der Waals surface area contributed by atoms with Crippen molar-refractivity contribution in [2.75, 3.05) is 32.1 Å². The summed E-state index contributed by atoms with van der Waals surface area (Å²) >= 11 is 0. The lowest BCUT2D eigenvalue weighted by atomic mass is 9.81. The van der Waals surface area contributed by atoms with Crippen LogP contribution in [-0.4, -0.2) is 64.5 Å². The molecule has 1 aliphatic rings. The van der Waals surface area contributed by atoms with Crippen LogP contribution in [0.1, 0.15) is 75.1 Å². The lowest BCUT2D eigenvalue weighted by molar-refractivity contribution is -0.141. The molecule has 0 bridgehead atoms. The van der Waals surface area contributed by atoms with Gasteiger partial charge >= 0.3 is 12.3 Å². The lowest BCUT2D eigenvalue weighted by Gasteiger charge is -2.44. The summed E-state index contributed by atoms with van der Waals surface area (Å²) in [5.74, 6) is -0.445. The summed E-state index contributed by atoms with van der Waals surface area (Å²) in [6.07, 6.45) is 1.04. The predicted octanol–water partition coefficient (Wildman–Crippen LogP) is 6.03. The highest BCUT2D eigenvalue weighted by Crippen LogP contribution is 2.35. The number of hydrogen-bond acceptors (Lipinski definition) is 7. The average Bonchev–Trinajstić information content (AvgIpc) is 3.36. The highest BCUT2D eigenvalue weighted by Gasteiger charge is 2.34. The number of amides is 2. The molecular formula is C30H39F3N6O4. The van der Waals surface area contributed by atoms with Crippen LogP contribution in [0.3, 0.4) is 0 Å². The second-order valence-corrected chi connectivity index (χ2v) is 11.9. The summed E-state index contributed by atoms with van der Waals surface area (Å²) in [5.41, 5.74) is 4.63. The zero-order valence-corrected chi connectivity index (χ0v) is 24.9. The van der Waals surface area contributed by atoms with E-state index >= 15 is 0 Å². The van der Waals surface area contributed by atoms with Crippen LogP contribution in [0.5, 0.6) is 5.75 Å². The van der Waals surface area contributed by atoms with Gasteiger partial charge in [0.15, 0.2) is 0 Å². The third-order valence-electron chi connectivity index (χ3n) is 7.79. The Kier molecular flexibility index (Phi) is 9.83. The number of alkyl halides is 3. The molecule has 10 nitrogen and oxygen atoms in total. The van der Waals surface area contributed by atoms with Gasteiger partial charge in [-0.15, -0.1) is 0 Å². The van der Waals surface area contributed by atoms with Crippen LogP contribution in [0.2, 0.25) is 0 Å². The van der Waals surface area contributed by atoms with E-state index in [1.54, 1.807) is 12.1 Å². The molecule has 0 saturated carbocycles. The van der Waals surface area contributed by atoms with Crippen LogP contribution in [0.15, 0.2) is 36.5 Å². The summed E-state index contributed by atoms with van der Waals surface area (Å²) in [4.78, 5) is 29.6. The van der Waals surface area contributed by atoms with E-state index in [2.05, 4.69) is 36.0 Å². The van der Waals surface area contributed by atoms with Gasteiger partial charge in [-0.3, -0.25) is 14.4 Å². The van der Waals surface area contributed by atoms with Crippen molar-refractivity contribution in [1.29, 1.82) is 0 Å². The standard InChI is InChI=1S/C30H39F3N6O4/c1-29(2,3)26(10-5-6-15-43-28(34)41)38-13-11-20(12-14-38)39-18-19-16-23(24(42-4)17-22(19)37-39)36-27(40)21-8-7-9-25(35-21)30(31,32)33/h7-9,16-18,20,26H,5-6,10-15H2,1-4H3,(H2,34,41)(H,36,40). The van der Waals surface area contributed by atoms with Gasteiger partial charge in [-0.05, 0) is 55.7 Å². The molecule has 234 valence electrons. The van der Waals surface area contributed by atoms with Gasteiger partial charge in [0.05, 0.1) is 31.0 Å². The fourth-order valence-electron chi connectivity index (χ4n) is 5.67. The molecule has 0 radical (unpaired) electrons. The van der Waals surface area contributed by atoms with Gasteiger partial charge in [0.2, 0.25) is 0 Å². The summed E-state index contributed by atoms with van der Waals surface area (Å²) in [6, 6.07) is 7.15. The number of carbonyl (C=O) groups excluding carboxylic acids is 2. The van der Waals surface area contributed by atoms with Crippen molar-refractivity contribution in [3.05, 3.63) is 47.9 Å². The molecule has 1 saturated heterocycles. The van der Waals surface area contributed by atoms with E-state index in [4.69, 9.17) is 20.3 Å². The molecule has 2 amide bonds. The Morgan fingerprint density at radius 2 is 1.86 bits per heavy atom. The predicted molar refractivity (Wildman–Crippen MR) is 156 cm³/mol. The van der Waals surface area contributed by atoms with Crippen molar-refractivity contribution < 1.29 is 32.2 Å². The Morgan fingerprint density at radius 1 is 1.14 bits per heavy atom. The van der Waals surface area contributed by atoms with Gasteiger partial charge in [0.1, 0.15) is 17.1 Å².